The Balaban J connectivity index is 1.92. The first-order valence-electron chi connectivity index (χ1n) is 6.67. The van der Waals surface area contributed by atoms with E-state index in [1.54, 1.807) is 19.2 Å². The lowest BCUT2D eigenvalue weighted by Crippen LogP contribution is -2.12. The van der Waals surface area contributed by atoms with E-state index in [0.29, 0.717) is 23.5 Å². The lowest BCUT2D eigenvalue weighted by molar-refractivity contribution is -0.116. The third kappa shape index (κ3) is 4.11. The number of carbonyl (C=O) groups is 1. The number of ether oxygens (including phenoxy) is 1. The van der Waals surface area contributed by atoms with Gasteiger partial charge >= 0.3 is 0 Å². The maximum absolute atomic E-state index is 13.0. The number of benzene rings is 2. The molecule has 2 aromatic rings. The van der Waals surface area contributed by atoms with Crippen molar-refractivity contribution in [3.8, 4) is 5.75 Å². The Morgan fingerprint density at radius 1 is 1.32 bits per heavy atom. The zero-order chi connectivity index (χ0) is 16.1. The molecule has 0 heterocycles. The normalized spacial score (nSPS) is 10.3. The van der Waals surface area contributed by atoms with Crippen LogP contribution in [-0.2, 0) is 11.2 Å². The molecular formula is C16H16ClFN2O2. The summed E-state index contributed by atoms with van der Waals surface area (Å²) in [5.41, 5.74) is 7.75. The van der Waals surface area contributed by atoms with Crippen LogP contribution in [0, 0.1) is 5.82 Å². The van der Waals surface area contributed by atoms with Crippen molar-refractivity contribution in [1.82, 2.24) is 0 Å². The van der Waals surface area contributed by atoms with Crippen LogP contribution in [0.2, 0.25) is 5.02 Å². The Morgan fingerprint density at radius 2 is 2.09 bits per heavy atom. The molecule has 0 saturated heterocycles. The van der Waals surface area contributed by atoms with Crippen LogP contribution >= 0.6 is 11.6 Å². The highest BCUT2D eigenvalue weighted by Gasteiger charge is 2.07. The fourth-order valence-corrected chi connectivity index (χ4v) is 2.18. The van der Waals surface area contributed by atoms with Gasteiger partial charge in [-0.15, -0.1) is 0 Å². The van der Waals surface area contributed by atoms with Crippen LogP contribution in [0.4, 0.5) is 15.8 Å². The first-order valence-corrected chi connectivity index (χ1v) is 7.04. The van der Waals surface area contributed by atoms with E-state index in [9.17, 15) is 9.18 Å². The topological polar surface area (TPSA) is 64.3 Å². The van der Waals surface area contributed by atoms with Gasteiger partial charge in [-0.25, -0.2) is 4.39 Å². The summed E-state index contributed by atoms with van der Waals surface area (Å²) >= 11 is 5.66. The number of hydrogen-bond donors (Lipinski definition) is 2. The van der Waals surface area contributed by atoms with Gasteiger partial charge in [-0.2, -0.15) is 0 Å². The van der Waals surface area contributed by atoms with Gasteiger partial charge in [0.15, 0.2) is 0 Å². The SMILES string of the molecule is COc1ccc(CCC(=O)Nc2ccc(F)c(Cl)c2)cc1N. The quantitative estimate of drug-likeness (QED) is 0.826. The van der Waals surface area contributed by atoms with Crippen LogP contribution in [0.25, 0.3) is 0 Å². The molecule has 0 aromatic heterocycles. The second-order valence-electron chi connectivity index (χ2n) is 4.75. The summed E-state index contributed by atoms with van der Waals surface area (Å²) in [6.07, 6.45) is 0.815. The number of nitrogens with one attached hydrogen (secondary N) is 1. The lowest BCUT2D eigenvalue weighted by Gasteiger charge is -2.08. The smallest absolute Gasteiger partial charge is 0.224 e. The van der Waals surface area contributed by atoms with Gasteiger partial charge in [-0.1, -0.05) is 17.7 Å². The third-order valence-electron chi connectivity index (χ3n) is 3.14. The number of halogens is 2. The molecule has 0 bridgehead atoms. The Bertz CT molecular complexity index is 692. The van der Waals surface area contributed by atoms with Crippen LogP contribution in [0.15, 0.2) is 36.4 Å². The minimum absolute atomic E-state index is 0.0271. The van der Waals surface area contributed by atoms with E-state index in [1.165, 1.54) is 18.2 Å². The first-order chi connectivity index (χ1) is 10.5. The van der Waals surface area contributed by atoms with Gasteiger partial charge in [0, 0.05) is 12.1 Å². The zero-order valence-electron chi connectivity index (χ0n) is 12.0. The number of amides is 1. The third-order valence-corrected chi connectivity index (χ3v) is 3.43. The molecule has 22 heavy (non-hydrogen) atoms. The van der Waals surface area contributed by atoms with Gasteiger partial charge in [0.1, 0.15) is 11.6 Å². The molecule has 4 nitrogen and oxygen atoms in total. The minimum Gasteiger partial charge on any atom is -0.495 e. The van der Waals surface area contributed by atoms with Crippen molar-refractivity contribution < 1.29 is 13.9 Å². The van der Waals surface area contributed by atoms with Crippen molar-refractivity contribution in [1.29, 1.82) is 0 Å². The maximum Gasteiger partial charge on any atom is 0.224 e. The maximum atomic E-state index is 13.0. The molecule has 0 fully saturated rings. The second kappa shape index (κ2) is 7.13. The predicted molar refractivity (Wildman–Crippen MR) is 85.8 cm³/mol. The second-order valence-corrected chi connectivity index (χ2v) is 5.16. The lowest BCUT2D eigenvalue weighted by atomic mass is 10.1. The largest absolute Gasteiger partial charge is 0.495 e. The van der Waals surface area contributed by atoms with Crippen molar-refractivity contribution in [2.75, 3.05) is 18.2 Å². The average Bonchev–Trinajstić information content (AvgIpc) is 2.49. The Morgan fingerprint density at radius 3 is 2.73 bits per heavy atom. The summed E-state index contributed by atoms with van der Waals surface area (Å²) in [6, 6.07) is 9.45. The zero-order valence-corrected chi connectivity index (χ0v) is 12.8. The van der Waals surface area contributed by atoms with Crippen molar-refractivity contribution in [2.45, 2.75) is 12.8 Å². The van der Waals surface area contributed by atoms with Gasteiger partial charge in [-0.05, 0) is 42.3 Å². The van der Waals surface area contributed by atoms with E-state index in [1.807, 2.05) is 6.07 Å². The molecule has 0 aliphatic carbocycles. The molecule has 0 saturated carbocycles. The molecule has 116 valence electrons. The fourth-order valence-electron chi connectivity index (χ4n) is 1.99. The highest BCUT2D eigenvalue weighted by atomic mass is 35.5. The molecule has 1 amide bonds. The molecule has 0 spiro atoms. The summed E-state index contributed by atoms with van der Waals surface area (Å²) < 4.78 is 18.1. The Labute approximate surface area is 133 Å². The molecule has 3 N–H and O–H groups in total. The highest BCUT2D eigenvalue weighted by molar-refractivity contribution is 6.31. The van der Waals surface area contributed by atoms with Crippen molar-refractivity contribution in [2.24, 2.45) is 0 Å². The van der Waals surface area contributed by atoms with Crippen LogP contribution in [0.1, 0.15) is 12.0 Å². The van der Waals surface area contributed by atoms with E-state index in [0.717, 1.165) is 5.56 Å². The summed E-state index contributed by atoms with van der Waals surface area (Å²) in [5, 5.41) is 2.64. The summed E-state index contributed by atoms with van der Waals surface area (Å²) in [5.74, 6) is -0.0976. The van der Waals surface area contributed by atoms with E-state index >= 15 is 0 Å². The van der Waals surface area contributed by atoms with Crippen LogP contribution in [0.5, 0.6) is 5.75 Å². The average molecular weight is 323 g/mol. The van der Waals surface area contributed by atoms with Gasteiger partial charge in [-0.3, -0.25) is 4.79 Å². The summed E-state index contributed by atoms with van der Waals surface area (Å²) in [6.45, 7) is 0. The Hall–Kier alpha value is -2.27. The van der Waals surface area contributed by atoms with Crippen LogP contribution in [-0.4, -0.2) is 13.0 Å². The van der Waals surface area contributed by atoms with Gasteiger partial charge in [0.25, 0.3) is 0 Å². The molecule has 2 aromatic carbocycles. The molecule has 0 unspecified atom stereocenters. The fraction of sp³-hybridized carbons (Fsp3) is 0.188. The van der Waals surface area contributed by atoms with Crippen molar-refractivity contribution >= 4 is 28.9 Å². The highest BCUT2D eigenvalue weighted by Crippen LogP contribution is 2.23. The van der Waals surface area contributed by atoms with E-state index in [-0.39, 0.29) is 17.4 Å². The monoisotopic (exact) mass is 322 g/mol. The van der Waals surface area contributed by atoms with Gasteiger partial charge < -0.3 is 15.8 Å². The number of hydrogen-bond acceptors (Lipinski definition) is 3. The number of methoxy groups -OCH3 is 1. The van der Waals surface area contributed by atoms with Crippen LogP contribution < -0.4 is 15.8 Å². The van der Waals surface area contributed by atoms with Crippen molar-refractivity contribution in [3.63, 3.8) is 0 Å². The number of nitrogens with two attached hydrogens (primary N) is 1. The number of rotatable bonds is 5. The summed E-state index contributed by atoms with van der Waals surface area (Å²) in [7, 11) is 1.55. The van der Waals surface area contributed by atoms with Gasteiger partial charge in [0.2, 0.25) is 5.91 Å². The molecule has 0 aliphatic heterocycles. The number of aryl methyl sites for hydroxylation is 1. The van der Waals surface area contributed by atoms with Gasteiger partial charge in [0.05, 0.1) is 17.8 Å². The first kappa shape index (κ1) is 16.1. The number of carbonyl (C=O) groups excluding carboxylic acids is 1. The summed E-state index contributed by atoms with van der Waals surface area (Å²) in [4.78, 5) is 11.9. The number of nitrogen functional groups attached to an aromatic ring is 1. The molecule has 0 aliphatic rings. The molecule has 0 radical (unpaired) electrons. The van der Waals surface area contributed by atoms with Crippen molar-refractivity contribution in [3.05, 3.63) is 52.8 Å². The predicted octanol–water partition coefficient (Wildman–Crippen LogP) is 3.64. The van der Waals surface area contributed by atoms with E-state index in [2.05, 4.69) is 5.32 Å². The standard InChI is InChI=1S/C16H16ClFN2O2/c1-22-15-6-2-10(8-14(15)19)3-7-16(21)20-11-4-5-13(18)12(17)9-11/h2,4-6,8-9H,3,7,19H2,1H3,(H,20,21). The van der Waals surface area contributed by atoms with E-state index < -0.39 is 5.82 Å². The van der Waals surface area contributed by atoms with E-state index in [4.69, 9.17) is 22.1 Å². The van der Waals surface area contributed by atoms with Crippen LogP contribution in [0.3, 0.4) is 0 Å². The molecular weight excluding hydrogens is 307 g/mol. The number of anilines is 2. The Kier molecular flexibility index (Phi) is 5.22. The minimum atomic E-state index is -0.520. The molecule has 6 heteroatoms. The molecule has 0 atom stereocenters. The molecule has 2 rings (SSSR count).